The van der Waals surface area contributed by atoms with E-state index in [4.69, 9.17) is 5.73 Å². The van der Waals surface area contributed by atoms with E-state index < -0.39 is 0 Å². The third kappa shape index (κ3) is 2.68. The van der Waals surface area contributed by atoms with Gasteiger partial charge in [-0.05, 0) is 0 Å². The van der Waals surface area contributed by atoms with E-state index in [9.17, 15) is 4.79 Å². The van der Waals surface area contributed by atoms with Crippen LogP contribution in [0.3, 0.4) is 0 Å². The third-order valence-corrected chi connectivity index (χ3v) is 2.72. The van der Waals surface area contributed by atoms with Gasteiger partial charge in [-0.2, -0.15) is 0 Å². The second kappa shape index (κ2) is 4.73. The fourth-order valence-electron chi connectivity index (χ4n) is 0.695. The molecule has 0 unspecified atom stereocenters. The summed E-state index contributed by atoms with van der Waals surface area (Å²) < 4.78 is 2.51. The van der Waals surface area contributed by atoms with Crippen molar-refractivity contribution in [2.24, 2.45) is 5.73 Å². The summed E-state index contributed by atoms with van der Waals surface area (Å²) in [4.78, 5) is 15.0. The van der Waals surface area contributed by atoms with Crippen LogP contribution in [0.5, 0.6) is 0 Å². The normalized spacial score (nSPS) is 9.83. The molecule has 0 saturated carbocycles. The molecule has 0 aliphatic rings. The molecule has 4 nitrogen and oxygen atoms in total. The van der Waals surface area contributed by atoms with E-state index in [1.165, 1.54) is 11.3 Å². The lowest BCUT2D eigenvalue weighted by atomic mass is 10.4. The number of nitrogens with zero attached hydrogens (tertiary/aromatic N) is 1. The first-order valence-electron chi connectivity index (χ1n) is 3.29. The molecule has 0 fully saturated rings. The zero-order chi connectivity index (χ0) is 8.97. The second-order valence-corrected chi connectivity index (χ2v) is 3.61. The minimum absolute atomic E-state index is 0.0338. The Balaban J connectivity index is 2.58. The first kappa shape index (κ1) is 9.87. The fourth-order valence-corrected chi connectivity index (χ4v) is 1.69. The van der Waals surface area contributed by atoms with Gasteiger partial charge in [-0.15, -0.1) is 11.3 Å². The lowest BCUT2D eigenvalue weighted by Gasteiger charge is -1.92. The summed E-state index contributed by atoms with van der Waals surface area (Å²) in [6, 6.07) is 0. The monoisotopic (exact) mass is 297 g/mol. The lowest BCUT2D eigenvalue weighted by molar-refractivity contribution is -0.118. The van der Waals surface area contributed by atoms with Crippen molar-refractivity contribution < 1.29 is 4.79 Å². The Morgan fingerprint density at radius 1 is 1.83 bits per heavy atom. The molecule has 1 rings (SSSR count). The van der Waals surface area contributed by atoms with Crippen LogP contribution in [0.1, 0.15) is 10.7 Å². The zero-order valence-corrected chi connectivity index (χ0v) is 9.18. The molecule has 66 valence electrons. The van der Waals surface area contributed by atoms with Crippen molar-refractivity contribution in [2.45, 2.75) is 13.0 Å². The number of hydrogen-bond donors (Lipinski definition) is 2. The number of carbonyl (C=O) groups excluding carboxylic acids is 1. The van der Waals surface area contributed by atoms with Crippen LogP contribution < -0.4 is 9.26 Å². The van der Waals surface area contributed by atoms with Crippen molar-refractivity contribution in [2.75, 3.05) is 0 Å². The Bertz CT molecular complexity index is 276. The molecule has 0 aliphatic carbocycles. The van der Waals surface area contributed by atoms with Gasteiger partial charge in [0.1, 0.15) is 5.01 Å². The van der Waals surface area contributed by atoms with Gasteiger partial charge in [0, 0.05) is 11.9 Å². The molecular formula is C6H8IN3OS. The number of aromatic nitrogens is 1. The van der Waals surface area contributed by atoms with Gasteiger partial charge >= 0.3 is 0 Å². The van der Waals surface area contributed by atoms with Crippen LogP contribution >= 0.6 is 34.2 Å². The Kier molecular flexibility index (Phi) is 3.89. The summed E-state index contributed by atoms with van der Waals surface area (Å²) >= 11 is 3.27. The molecule has 0 aliphatic heterocycles. The number of thiazole rings is 1. The fraction of sp³-hybridized carbons (Fsp3) is 0.333. The predicted molar refractivity (Wildman–Crippen MR) is 55.9 cm³/mol. The highest BCUT2D eigenvalue weighted by Gasteiger charge is 2.05. The SMILES string of the molecule is NCc1csc(CC(=O)NI)n1. The second-order valence-electron chi connectivity index (χ2n) is 2.13. The van der Waals surface area contributed by atoms with Crippen LogP contribution in [0.15, 0.2) is 5.38 Å². The largest absolute Gasteiger partial charge is 0.325 e. The van der Waals surface area contributed by atoms with Gasteiger partial charge in [-0.1, -0.05) is 0 Å². The topological polar surface area (TPSA) is 68.0 Å². The number of carbonyl (C=O) groups is 1. The molecule has 1 amide bonds. The first-order valence-corrected chi connectivity index (χ1v) is 5.25. The molecule has 0 aromatic carbocycles. The highest BCUT2D eigenvalue weighted by Crippen LogP contribution is 2.09. The zero-order valence-electron chi connectivity index (χ0n) is 6.21. The molecule has 1 aromatic heterocycles. The minimum Gasteiger partial charge on any atom is -0.325 e. The molecule has 1 heterocycles. The van der Waals surface area contributed by atoms with Crippen LogP contribution in [-0.2, 0) is 17.8 Å². The summed E-state index contributed by atoms with van der Waals surface area (Å²) in [5.74, 6) is -0.0338. The quantitative estimate of drug-likeness (QED) is 0.634. The molecular weight excluding hydrogens is 289 g/mol. The van der Waals surface area contributed by atoms with Gasteiger partial charge in [0.25, 0.3) is 0 Å². The molecule has 0 bridgehead atoms. The maximum atomic E-state index is 10.9. The standard InChI is InChI=1S/C6H8IN3OS/c7-10-5(11)1-6-9-4(2-8)3-12-6/h3H,1-2,8H2,(H,10,11). The number of nitrogens with two attached hydrogens (primary N) is 1. The van der Waals surface area contributed by atoms with Crippen LogP contribution in [0, 0.1) is 0 Å². The van der Waals surface area contributed by atoms with Gasteiger partial charge in [0.2, 0.25) is 5.91 Å². The first-order chi connectivity index (χ1) is 5.76. The van der Waals surface area contributed by atoms with Gasteiger partial charge in [-0.3, -0.25) is 8.32 Å². The number of amides is 1. The van der Waals surface area contributed by atoms with E-state index >= 15 is 0 Å². The van der Waals surface area contributed by atoms with Crippen LogP contribution in [0.4, 0.5) is 0 Å². The van der Waals surface area contributed by atoms with Gasteiger partial charge in [-0.25, -0.2) is 4.98 Å². The molecule has 12 heavy (non-hydrogen) atoms. The predicted octanol–water partition coefficient (Wildman–Crippen LogP) is 0.611. The van der Waals surface area contributed by atoms with Gasteiger partial charge < -0.3 is 5.73 Å². The number of halogens is 1. The Morgan fingerprint density at radius 2 is 2.58 bits per heavy atom. The van der Waals surface area contributed by atoms with E-state index in [0.717, 1.165) is 10.7 Å². The van der Waals surface area contributed by atoms with Crippen molar-refractivity contribution in [3.05, 3.63) is 16.1 Å². The molecule has 0 radical (unpaired) electrons. The molecule has 0 atom stereocenters. The average molecular weight is 297 g/mol. The van der Waals surface area contributed by atoms with E-state index in [0.29, 0.717) is 13.0 Å². The van der Waals surface area contributed by atoms with Crippen molar-refractivity contribution in [1.29, 1.82) is 0 Å². The van der Waals surface area contributed by atoms with Gasteiger partial charge in [0.15, 0.2) is 0 Å². The third-order valence-electron chi connectivity index (χ3n) is 1.23. The van der Waals surface area contributed by atoms with Crippen molar-refractivity contribution in [3.63, 3.8) is 0 Å². The lowest BCUT2D eigenvalue weighted by Crippen LogP contribution is -2.14. The minimum atomic E-state index is -0.0338. The van der Waals surface area contributed by atoms with Gasteiger partial charge in [0.05, 0.1) is 35.0 Å². The van der Waals surface area contributed by atoms with Crippen LogP contribution in [0.25, 0.3) is 0 Å². The molecule has 1 aromatic rings. The van der Waals surface area contributed by atoms with E-state index in [1.807, 2.05) is 28.2 Å². The van der Waals surface area contributed by atoms with E-state index in [2.05, 4.69) is 8.51 Å². The summed E-state index contributed by atoms with van der Waals surface area (Å²) in [5, 5.41) is 2.68. The van der Waals surface area contributed by atoms with E-state index in [-0.39, 0.29) is 5.91 Å². The van der Waals surface area contributed by atoms with Crippen molar-refractivity contribution in [3.8, 4) is 0 Å². The molecule has 0 saturated heterocycles. The smallest absolute Gasteiger partial charge is 0.235 e. The summed E-state index contributed by atoms with van der Waals surface area (Å²) in [5.41, 5.74) is 6.21. The van der Waals surface area contributed by atoms with Crippen molar-refractivity contribution in [1.82, 2.24) is 8.51 Å². The molecule has 6 heteroatoms. The Hall–Kier alpha value is -0.210. The molecule has 3 N–H and O–H groups in total. The number of rotatable bonds is 3. The van der Waals surface area contributed by atoms with Crippen LogP contribution in [-0.4, -0.2) is 10.9 Å². The Morgan fingerprint density at radius 3 is 3.08 bits per heavy atom. The highest BCUT2D eigenvalue weighted by molar-refractivity contribution is 14.1. The maximum absolute atomic E-state index is 10.9. The maximum Gasteiger partial charge on any atom is 0.235 e. The number of hydrogen-bond acceptors (Lipinski definition) is 4. The Labute approximate surface area is 88.1 Å². The average Bonchev–Trinajstić information content (AvgIpc) is 2.52. The summed E-state index contributed by atoms with van der Waals surface area (Å²) in [7, 11) is 0. The highest BCUT2D eigenvalue weighted by atomic mass is 127. The summed E-state index contributed by atoms with van der Waals surface area (Å²) in [6.45, 7) is 0.433. The van der Waals surface area contributed by atoms with Crippen LogP contribution in [0.2, 0.25) is 0 Å². The number of nitrogens with one attached hydrogen (secondary N) is 1. The van der Waals surface area contributed by atoms with Crippen molar-refractivity contribution >= 4 is 40.1 Å². The van der Waals surface area contributed by atoms with E-state index in [1.54, 1.807) is 0 Å². The molecule has 0 spiro atoms. The summed E-state index contributed by atoms with van der Waals surface area (Å²) in [6.07, 6.45) is 0.341.